The van der Waals surface area contributed by atoms with Gasteiger partial charge in [0.1, 0.15) is 18.4 Å². The summed E-state index contributed by atoms with van der Waals surface area (Å²) in [5.41, 5.74) is 1.36. The first kappa shape index (κ1) is 18.6. The van der Waals surface area contributed by atoms with E-state index in [4.69, 9.17) is 9.47 Å². The molecule has 1 unspecified atom stereocenters. The van der Waals surface area contributed by atoms with Crippen LogP contribution in [0.15, 0.2) is 59.4 Å². The van der Waals surface area contributed by atoms with Crippen molar-refractivity contribution in [1.82, 2.24) is 3.96 Å². The van der Waals surface area contributed by atoms with Crippen LogP contribution in [0.4, 0.5) is 5.69 Å². The lowest BCUT2D eigenvalue weighted by Crippen LogP contribution is -2.36. The van der Waals surface area contributed by atoms with Gasteiger partial charge in [-0.2, -0.15) is 0 Å². The predicted octanol–water partition coefficient (Wildman–Crippen LogP) is 4.58. The largest absolute Gasteiger partial charge is 0.486 e. The van der Waals surface area contributed by atoms with E-state index in [9.17, 15) is 4.79 Å². The van der Waals surface area contributed by atoms with E-state index < -0.39 is 0 Å². The molecular formula is C22H24N2O3S. The summed E-state index contributed by atoms with van der Waals surface area (Å²) in [6, 6.07) is 17.6. The Morgan fingerprint density at radius 1 is 1.07 bits per heavy atom. The number of aromatic nitrogens is 1. The Labute approximate surface area is 168 Å². The summed E-state index contributed by atoms with van der Waals surface area (Å²) in [6.07, 6.45) is -0.166. The highest BCUT2D eigenvalue weighted by Crippen LogP contribution is 2.34. The fourth-order valence-corrected chi connectivity index (χ4v) is 4.26. The summed E-state index contributed by atoms with van der Waals surface area (Å²) >= 11 is 1.49. The zero-order valence-corrected chi connectivity index (χ0v) is 17.1. The molecule has 0 aliphatic carbocycles. The first-order valence-corrected chi connectivity index (χ1v) is 10.2. The molecule has 1 aliphatic rings. The second-order valence-corrected chi connectivity index (χ2v) is 8.77. The minimum absolute atomic E-state index is 0.00604. The predicted molar refractivity (Wildman–Crippen MR) is 114 cm³/mol. The first-order valence-electron chi connectivity index (χ1n) is 9.38. The Morgan fingerprint density at radius 2 is 1.75 bits per heavy atom. The summed E-state index contributed by atoms with van der Waals surface area (Å²) < 4.78 is 13.6. The fourth-order valence-electron chi connectivity index (χ4n) is 3.14. The normalized spacial score (nSPS) is 16.0. The second kappa shape index (κ2) is 7.36. The number of hydrogen-bond donors (Lipinski definition) is 1. The summed E-state index contributed by atoms with van der Waals surface area (Å²) in [5, 5.41) is 3.35. The van der Waals surface area contributed by atoms with Gasteiger partial charge in [0.25, 0.3) is 5.56 Å². The van der Waals surface area contributed by atoms with E-state index >= 15 is 0 Å². The van der Waals surface area contributed by atoms with Crippen LogP contribution in [0, 0.1) is 0 Å². The third-order valence-electron chi connectivity index (χ3n) is 4.53. The number of benzene rings is 2. The molecule has 1 N–H and O–H groups in total. The molecule has 0 spiro atoms. The van der Waals surface area contributed by atoms with Crippen molar-refractivity contribution < 1.29 is 9.47 Å². The number of hydrogen-bond acceptors (Lipinski definition) is 5. The van der Waals surface area contributed by atoms with Crippen molar-refractivity contribution in [3.63, 3.8) is 0 Å². The summed E-state index contributed by atoms with van der Waals surface area (Å²) in [4.78, 5) is 14.1. The van der Waals surface area contributed by atoms with Crippen molar-refractivity contribution in [2.75, 3.05) is 18.5 Å². The Hall–Kier alpha value is -2.73. The Balaban J connectivity index is 1.61. The molecule has 1 atom stereocenters. The maximum absolute atomic E-state index is 13.1. The van der Waals surface area contributed by atoms with Gasteiger partial charge in [0.15, 0.2) is 11.5 Å². The van der Waals surface area contributed by atoms with Crippen LogP contribution in [0.2, 0.25) is 0 Å². The van der Waals surface area contributed by atoms with Crippen molar-refractivity contribution in [2.24, 2.45) is 0 Å². The second-order valence-electron chi connectivity index (χ2n) is 7.81. The Morgan fingerprint density at radius 3 is 2.46 bits per heavy atom. The van der Waals surface area contributed by atoms with Crippen LogP contribution in [0.3, 0.4) is 0 Å². The highest BCUT2D eigenvalue weighted by molar-refractivity contribution is 7.11. The SMILES string of the molecule is CC(C)(C)n1sc(-c2ccccc2)c(NCC2COc3ccccc3O2)c1=O. The number of anilines is 1. The van der Waals surface area contributed by atoms with Crippen molar-refractivity contribution in [3.8, 4) is 21.9 Å². The van der Waals surface area contributed by atoms with Crippen LogP contribution in [-0.4, -0.2) is 23.2 Å². The van der Waals surface area contributed by atoms with Crippen LogP contribution in [0.25, 0.3) is 10.4 Å². The van der Waals surface area contributed by atoms with Gasteiger partial charge in [0.2, 0.25) is 0 Å². The molecule has 2 aromatic carbocycles. The van der Waals surface area contributed by atoms with Crippen molar-refractivity contribution in [2.45, 2.75) is 32.4 Å². The van der Waals surface area contributed by atoms with Gasteiger partial charge in [-0.05, 0) is 38.5 Å². The summed E-state index contributed by atoms with van der Waals surface area (Å²) in [5.74, 6) is 1.50. The lowest BCUT2D eigenvalue weighted by Gasteiger charge is -2.26. The van der Waals surface area contributed by atoms with Crippen molar-refractivity contribution in [3.05, 3.63) is 65.0 Å². The Bertz CT molecular complexity index is 1020. The molecule has 0 radical (unpaired) electrons. The summed E-state index contributed by atoms with van der Waals surface area (Å²) in [6.45, 7) is 7.06. The number of para-hydroxylation sites is 2. The quantitative estimate of drug-likeness (QED) is 0.701. The van der Waals surface area contributed by atoms with Crippen LogP contribution in [0.1, 0.15) is 20.8 Å². The molecule has 0 saturated heterocycles. The molecule has 5 nitrogen and oxygen atoms in total. The Kier molecular flexibility index (Phi) is 4.89. The maximum Gasteiger partial charge on any atom is 0.285 e. The van der Waals surface area contributed by atoms with E-state index in [-0.39, 0.29) is 17.2 Å². The van der Waals surface area contributed by atoms with E-state index in [2.05, 4.69) is 5.32 Å². The van der Waals surface area contributed by atoms with Gasteiger partial charge in [-0.15, -0.1) is 0 Å². The minimum atomic E-state index is -0.283. The number of ether oxygens (including phenoxy) is 2. The third-order valence-corrected chi connectivity index (χ3v) is 6.05. The van der Waals surface area contributed by atoms with E-state index in [1.165, 1.54) is 11.5 Å². The molecule has 0 saturated carbocycles. The average Bonchev–Trinajstić information content (AvgIpc) is 3.03. The number of fused-ring (bicyclic) bond motifs is 1. The van der Waals surface area contributed by atoms with Crippen LogP contribution in [0.5, 0.6) is 11.5 Å². The molecule has 4 rings (SSSR count). The molecule has 0 fully saturated rings. The van der Waals surface area contributed by atoms with E-state index in [0.29, 0.717) is 18.8 Å². The zero-order valence-electron chi connectivity index (χ0n) is 16.3. The molecule has 2 heterocycles. The molecule has 6 heteroatoms. The van der Waals surface area contributed by atoms with E-state index in [1.807, 2.05) is 79.3 Å². The fraction of sp³-hybridized carbons (Fsp3) is 0.318. The van der Waals surface area contributed by atoms with E-state index in [1.54, 1.807) is 0 Å². The highest BCUT2D eigenvalue weighted by Gasteiger charge is 2.26. The van der Waals surface area contributed by atoms with Gasteiger partial charge in [0.05, 0.1) is 17.0 Å². The van der Waals surface area contributed by atoms with Crippen LogP contribution in [-0.2, 0) is 5.54 Å². The van der Waals surface area contributed by atoms with Gasteiger partial charge < -0.3 is 14.8 Å². The molecule has 1 aromatic heterocycles. The lowest BCUT2D eigenvalue weighted by molar-refractivity contribution is 0.0997. The number of nitrogens with one attached hydrogen (secondary N) is 1. The molecule has 28 heavy (non-hydrogen) atoms. The molecule has 146 valence electrons. The molecular weight excluding hydrogens is 372 g/mol. The standard InChI is InChI=1S/C22H24N2O3S/c1-22(2,3)24-21(25)19(20(28-24)15-9-5-4-6-10-15)23-13-16-14-26-17-11-7-8-12-18(17)27-16/h4-12,16,23H,13-14H2,1-3H3. The van der Waals surface area contributed by atoms with Crippen LogP contribution >= 0.6 is 11.5 Å². The molecule has 1 aliphatic heterocycles. The van der Waals surface area contributed by atoms with Gasteiger partial charge in [-0.25, -0.2) is 0 Å². The molecule has 0 bridgehead atoms. The van der Waals surface area contributed by atoms with Gasteiger partial charge >= 0.3 is 0 Å². The lowest BCUT2D eigenvalue weighted by atomic mass is 10.1. The van der Waals surface area contributed by atoms with Gasteiger partial charge in [-0.3, -0.25) is 8.75 Å². The van der Waals surface area contributed by atoms with Crippen LogP contribution < -0.4 is 20.3 Å². The van der Waals surface area contributed by atoms with Crippen molar-refractivity contribution >= 4 is 17.2 Å². The molecule has 3 aromatic rings. The average molecular weight is 397 g/mol. The number of nitrogens with zero attached hydrogens (tertiary/aromatic N) is 1. The summed E-state index contributed by atoms with van der Waals surface area (Å²) in [7, 11) is 0. The topological polar surface area (TPSA) is 52.5 Å². The minimum Gasteiger partial charge on any atom is -0.486 e. The maximum atomic E-state index is 13.1. The van der Waals surface area contributed by atoms with Gasteiger partial charge in [0, 0.05) is 0 Å². The smallest absolute Gasteiger partial charge is 0.285 e. The molecule has 0 amide bonds. The van der Waals surface area contributed by atoms with Crippen molar-refractivity contribution in [1.29, 1.82) is 0 Å². The van der Waals surface area contributed by atoms with Gasteiger partial charge in [-0.1, -0.05) is 54.0 Å². The first-order chi connectivity index (χ1) is 13.4. The third kappa shape index (κ3) is 3.64. The highest BCUT2D eigenvalue weighted by atomic mass is 32.1. The monoisotopic (exact) mass is 396 g/mol. The van der Waals surface area contributed by atoms with E-state index in [0.717, 1.165) is 21.9 Å². The number of rotatable bonds is 4. The zero-order chi connectivity index (χ0) is 19.7.